The van der Waals surface area contributed by atoms with Gasteiger partial charge in [0.2, 0.25) is 0 Å². The number of thiazole rings is 1. The van der Waals surface area contributed by atoms with Crippen molar-refractivity contribution in [3.8, 4) is 0 Å². The number of carboxylic acids is 1. The summed E-state index contributed by atoms with van der Waals surface area (Å²) >= 11 is 1.40. The lowest BCUT2D eigenvalue weighted by atomic mass is 9.98. The first-order chi connectivity index (χ1) is 8.00. The van der Waals surface area contributed by atoms with Crippen molar-refractivity contribution < 1.29 is 14.6 Å². The van der Waals surface area contributed by atoms with Gasteiger partial charge >= 0.3 is 5.97 Å². The zero-order valence-electron chi connectivity index (χ0n) is 10.3. The van der Waals surface area contributed by atoms with Crippen LogP contribution in [0.1, 0.15) is 43.4 Å². The summed E-state index contributed by atoms with van der Waals surface area (Å²) in [5.41, 5.74) is 5.48. The van der Waals surface area contributed by atoms with Crippen LogP contribution < -0.4 is 5.73 Å². The zero-order chi connectivity index (χ0) is 13.1. The molecular formula is C11H18N2O3S. The van der Waals surface area contributed by atoms with Crippen LogP contribution in [0.2, 0.25) is 0 Å². The Labute approximate surface area is 105 Å². The monoisotopic (exact) mass is 258 g/mol. The van der Waals surface area contributed by atoms with Crippen LogP contribution in [0, 0.1) is 0 Å². The van der Waals surface area contributed by atoms with Crippen LogP contribution in [0.5, 0.6) is 0 Å². The number of hydrogen-bond acceptors (Lipinski definition) is 5. The van der Waals surface area contributed by atoms with E-state index in [0.29, 0.717) is 5.69 Å². The van der Waals surface area contributed by atoms with Gasteiger partial charge in [-0.05, 0) is 12.8 Å². The summed E-state index contributed by atoms with van der Waals surface area (Å²) in [5, 5.41) is 11.3. The molecule has 0 radical (unpaired) electrons. The molecule has 0 saturated carbocycles. The van der Waals surface area contributed by atoms with Crippen LogP contribution in [0.25, 0.3) is 0 Å². The molecule has 0 aliphatic carbocycles. The van der Waals surface area contributed by atoms with E-state index in [-0.39, 0.29) is 0 Å². The van der Waals surface area contributed by atoms with Crippen LogP contribution >= 0.6 is 11.3 Å². The van der Waals surface area contributed by atoms with E-state index in [1.807, 2.05) is 13.8 Å². The van der Waals surface area contributed by atoms with Crippen molar-refractivity contribution in [1.29, 1.82) is 0 Å². The standard InChI is InChI=1S/C11H18N2O3S/c1-4-11(5-2,16-3)10-13-7(6-17-10)8(12)9(14)15/h6,8H,4-5,12H2,1-3H3,(H,14,15). The van der Waals surface area contributed by atoms with Crippen molar-refractivity contribution >= 4 is 17.3 Å². The van der Waals surface area contributed by atoms with E-state index in [0.717, 1.165) is 17.8 Å². The highest BCUT2D eigenvalue weighted by molar-refractivity contribution is 7.09. The molecular weight excluding hydrogens is 240 g/mol. The Balaban J connectivity index is 3.05. The molecule has 0 spiro atoms. The topological polar surface area (TPSA) is 85.4 Å². The molecule has 3 N–H and O–H groups in total. The molecule has 1 unspecified atom stereocenters. The second kappa shape index (κ2) is 5.57. The molecule has 0 aliphatic rings. The van der Waals surface area contributed by atoms with E-state index in [1.165, 1.54) is 11.3 Å². The number of nitrogens with zero attached hydrogens (tertiary/aromatic N) is 1. The summed E-state index contributed by atoms with van der Waals surface area (Å²) in [7, 11) is 1.64. The fourth-order valence-electron chi connectivity index (χ4n) is 1.69. The number of carbonyl (C=O) groups is 1. The van der Waals surface area contributed by atoms with Crippen molar-refractivity contribution in [2.24, 2.45) is 5.73 Å². The molecule has 0 aromatic carbocycles. The van der Waals surface area contributed by atoms with Crippen LogP contribution in [0.3, 0.4) is 0 Å². The summed E-state index contributed by atoms with van der Waals surface area (Å²) in [4.78, 5) is 15.1. The van der Waals surface area contributed by atoms with Crippen LogP contribution in [0.4, 0.5) is 0 Å². The minimum absolute atomic E-state index is 0.390. The van der Waals surface area contributed by atoms with Crippen LogP contribution in [0.15, 0.2) is 5.38 Å². The molecule has 17 heavy (non-hydrogen) atoms. The second-order valence-corrected chi connectivity index (χ2v) is 4.66. The van der Waals surface area contributed by atoms with Gasteiger partial charge < -0.3 is 15.6 Å². The minimum atomic E-state index is -1.07. The maximum absolute atomic E-state index is 10.8. The highest BCUT2D eigenvalue weighted by Gasteiger charge is 2.32. The fraction of sp³-hybridized carbons (Fsp3) is 0.636. The third-order valence-corrected chi connectivity index (χ3v) is 4.08. The molecule has 1 heterocycles. The van der Waals surface area contributed by atoms with Gasteiger partial charge in [-0.3, -0.25) is 4.79 Å². The average Bonchev–Trinajstić information content (AvgIpc) is 2.81. The summed E-state index contributed by atoms with van der Waals surface area (Å²) in [6, 6.07) is -1.07. The third-order valence-electron chi connectivity index (χ3n) is 3.03. The van der Waals surface area contributed by atoms with Gasteiger partial charge in [0.1, 0.15) is 16.7 Å². The molecule has 5 nitrogen and oxygen atoms in total. The van der Waals surface area contributed by atoms with Crippen molar-refractivity contribution in [3.63, 3.8) is 0 Å². The van der Waals surface area contributed by atoms with E-state index in [2.05, 4.69) is 4.98 Å². The first-order valence-corrected chi connectivity index (χ1v) is 6.38. The van der Waals surface area contributed by atoms with Gasteiger partial charge in [0.25, 0.3) is 0 Å². The molecule has 96 valence electrons. The SMILES string of the molecule is CCC(CC)(OC)c1nc(C(N)C(=O)O)cs1. The fourth-order valence-corrected chi connectivity index (χ4v) is 2.87. The molecule has 1 aromatic heterocycles. The Kier molecular flexibility index (Phi) is 4.62. The first-order valence-electron chi connectivity index (χ1n) is 5.50. The maximum Gasteiger partial charge on any atom is 0.326 e. The predicted octanol–water partition coefficient (Wildman–Crippen LogP) is 1.89. The summed E-state index contributed by atoms with van der Waals surface area (Å²) in [6.45, 7) is 4.04. The molecule has 1 aromatic rings. The quantitative estimate of drug-likeness (QED) is 0.813. The molecule has 1 atom stereocenters. The van der Waals surface area contributed by atoms with Crippen molar-refractivity contribution in [1.82, 2.24) is 4.98 Å². The third kappa shape index (κ3) is 2.65. The van der Waals surface area contributed by atoms with Gasteiger partial charge in [-0.1, -0.05) is 13.8 Å². The number of rotatable bonds is 6. The van der Waals surface area contributed by atoms with Gasteiger partial charge in [-0.25, -0.2) is 4.98 Å². The molecule has 0 fully saturated rings. The summed E-state index contributed by atoms with van der Waals surface area (Å²) < 4.78 is 5.54. The van der Waals surface area contributed by atoms with E-state index >= 15 is 0 Å². The molecule has 0 saturated heterocycles. The van der Waals surface area contributed by atoms with Gasteiger partial charge in [0, 0.05) is 12.5 Å². The van der Waals surface area contributed by atoms with Crippen molar-refractivity contribution in [2.45, 2.75) is 38.3 Å². The Morgan fingerprint density at radius 2 is 2.24 bits per heavy atom. The van der Waals surface area contributed by atoms with Gasteiger partial charge in [-0.2, -0.15) is 0 Å². The second-order valence-electron chi connectivity index (χ2n) is 3.80. The van der Waals surface area contributed by atoms with Gasteiger partial charge in [0.05, 0.1) is 5.69 Å². The maximum atomic E-state index is 10.8. The van der Waals surface area contributed by atoms with Gasteiger partial charge in [-0.15, -0.1) is 11.3 Å². The lowest BCUT2D eigenvalue weighted by Gasteiger charge is -2.27. The van der Waals surface area contributed by atoms with Crippen LogP contribution in [-0.2, 0) is 15.1 Å². The molecule has 6 heteroatoms. The number of methoxy groups -OCH3 is 1. The smallest absolute Gasteiger partial charge is 0.326 e. The summed E-state index contributed by atoms with van der Waals surface area (Å²) in [6.07, 6.45) is 1.57. The lowest BCUT2D eigenvalue weighted by molar-refractivity contribution is -0.138. The predicted molar refractivity (Wildman–Crippen MR) is 65.9 cm³/mol. The summed E-state index contributed by atoms with van der Waals surface area (Å²) in [5.74, 6) is -1.07. The Morgan fingerprint density at radius 3 is 2.65 bits per heavy atom. The van der Waals surface area contributed by atoms with Crippen LogP contribution in [-0.4, -0.2) is 23.2 Å². The Hall–Kier alpha value is -0.980. The molecule has 0 bridgehead atoms. The van der Waals surface area contributed by atoms with E-state index < -0.39 is 17.6 Å². The zero-order valence-corrected chi connectivity index (χ0v) is 11.1. The molecule has 0 aliphatic heterocycles. The highest BCUT2D eigenvalue weighted by Crippen LogP contribution is 2.35. The number of nitrogens with two attached hydrogens (primary N) is 1. The normalized spacial score (nSPS) is 13.6. The first kappa shape index (κ1) is 14.1. The lowest BCUT2D eigenvalue weighted by Crippen LogP contribution is -2.27. The number of hydrogen-bond donors (Lipinski definition) is 2. The molecule has 0 amide bonds. The van der Waals surface area contributed by atoms with E-state index in [4.69, 9.17) is 15.6 Å². The number of carboxylic acid groups (broad SMARTS) is 1. The largest absolute Gasteiger partial charge is 0.480 e. The van der Waals surface area contributed by atoms with E-state index in [9.17, 15) is 4.79 Å². The molecule has 1 rings (SSSR count). The number of aliphatic carboxylic acids is 1. The number of ether oxygens (including phenoxy) is 1. The Bertz CT molecular complexity index is 380. The average molecular weight is 258 g/mol. The Morgan fingerprint density at radius 1 is 1.65 bits per heavy atom. The van der Waals surface area contributed by atoms with Crippen molar-refractivity contribution in [2.75, 3.05) is 7.11 Å². The number of aromatic nitrogens is 1. The van der Waals surface area contributed by atoms with Crippen molar-refractivity contribution in [3.05, 3.63) is 16.1 Å². The van der Waals surface area contributed by atoms with Gasteiger partial charge in [0.15, 0.2) is 0 Å². The van der Waals surface area contributed by atoms with E-state index in [1.54, 1.807) is 12.5 Å². The minimum Gasteiger partial charge on any atom is -0.480 e. The highest BCUT2D eigenvalue weighted by atomic mass is 32.1.